The Bertz CT molecular complexity index is 1350. The van der Waals surface area contributed by atoms with E-state index in [1.807, 2.05) is 0 Å². The first-order chi connectivity index (χ1) is 14.4. The molecule has 4 aromatic rings. The predicted molar refractivity (Wildman–Crippen MR) is 112 cm³/mol. The summed E-state index contributed by atoms with van der Waals surface area (Å²) in [5.41, 5.74) is 2.08. The molecule has 9 nitrogen and oxygen atoms in total. The number of sulfonamides is 1. The summed E-state index contributed by atoms with van der Waals surface area (Å²) in [6.07, 6.45) is 3.06. The zero-order chi connectivity index (χ0) is 21.1. The van der Waals surface area contributed by atoms with Gasteiger partial charge in [0.25, 0.3) is 10.0 Å². The third kappa shape index (κ3) is 4.08. The van der Waals surface area contributed by atoms with Crippen molar-refractivity contribution in [1.82, 2.24) is 15.0 Å². The smallest absolute Gasteiger partial charge is 0.264 e. The molecule has 0 aliphatic heterocycles. The zero-order valence-electron chi connectivity index (χ0n) is 15.8. The molecule has 0 amide bonds. The van der Waals surface area contributed by atoms with Crippen molar-refractivity contribution in [2.24, 2.45) is 10.2 Å². The molecule has 150 valence electrons. The van der Waals surface area contributed by atoms with E-state index in [-0.39, 0.29) is 16.6 Å². The fourth-order valence-electron chi connectivity index (χ4n) is 2.71. The van der Waals surface area contributed by atoms with Gasteiger partial charge in [-0.15, -0.1) is 5.11 Å². The Kier molecular flexibility index (Phi) is 5.07. The van der Waals surface area contributed by atoms with Crippen LogP contribution in [-0.2, 0) is 10.0 Å². The lowest BCUT2D eigenvalue weighted by atomic mass is 10.2. The lowest BCUT2D eigenvalue weighted by Crippen LogP contribution is -2.15. The summed E-state index contributed by atoms with van der Waals surface area (Å²) in [5, 5.41) is 18.9. The number of hydrogen-bond donors (Lipinski definition) is 2. The maximum Gasteiger partial charge on any atom is 0.264 e. The van der Waals surface area contributed by atoms with Crippen LogP contribution >= 0.6 is 0 Å². The van der Waals surface area contributed by atoms with Crippen molar-refractivity contribution in [2.75, 3.05) is 4.72 Å². The van der Waals surface area contributed by atoms with Crippen molar-refractivity contribution in [1.29, 1.82) is 0 Å². The SMILES string of the molecule is Cc1ccnc(NS(=O)(=O)c2ccc(N=Nc3ccc(O)c4ncccc34)cc2)n1. The van der Waals surface area contributed by atoms with Gasteiger partial charge in [-0.05, 0) is 61.5 Å². The number of phenols is 1. The van der Waals surface area contributed by atoms with Gasteiger partial charge in [0.1, 0.15) is 11.3 Å². The molecule has 0 atom stereocenters. The molecule has 0 aliphatic rings. The molecule has 10 heteroatoms. The Morgan fingerprint density at radius 3 is 2.50 bits per heavy atom. The fourth-order valence-corrected chi connectivity index (χ4v) is 3.66. The largest absolute Gasteiger partial charge is 0.506 e. The van der Waals surface area contributed by atoms with Gasteiger partial charge in [0.2, 0.25) is 5.95 Å². The Hall–Kier alpha value is -3.92. The van der Waals surface area contributed by atoms with Gasteiger partial charge >= 0.3 is 0 Å². The van der Waals surface area contributed by atoms with E-state index in [1.165, 1.54) is 36.5 Å². The number of hydrogen-bond acceptors (Lipinski definition) is 8. The molecule has 4 rings (SSSR count). The van der Waals surface area contributed by atoms with Gasteiger partial charge < -0.3 is 5.11 Å². The number of fused-ring (bicyclic) bond motifs is 1. The van der Waals surface area contributed by atoms with Gasteiger partial charge in [-0.25, -0.2) is 23.1 Å². The lowest BCUT2D eigenvalue weighted by Gasteiger charge is -2.07. The number of rotatable bonds is 5. The number of azo groups is 1. The second-order valence-corrected chi connectivity index (χ2v) is 8.01. The third-order valence-electron chi connectivity index (χ3n) is 4.17. The quantitative estimate of drug-likeness (QED) is 0.464. The van der Waals surface area contributed by atoms with Gasteiger partial charge in [0.05, 0.1) is 16.3 Å². The van der Waals surface area contributed by atoms with Crippen LogP contribution in [0.4, 0.5) is 17.3 Å². The van der Waals surface area contributed by atoms with Crippen LogP contribution in [-0.4, -0.2) is 28.5 Å². The van der Waals surface area contributed by atoms with Crippen molar-refractivity contribution in [3.8, 4) is 5.75 Å². The second kappa shape index (κ2) is 7.84. The van der Waals surface area contributed by atoms with Crippen LogP contribution < -0.4 is 4.72 Å². The molecule has 0 saturated heterocycles. The molecule has 0 fully saturated rings. The van der Waals surface area contributed by atoms with Crippen LogP contribution in [0.1, 0.15) is 5.69 Å². The molecule has 2 aromatic heterocycles. The number of anilines is 1. The summed E-state index contributed by atoms with van der Waals surface area (Å²) in [6.45, 7) is 1.74. The van der Waals surface area contributed by atoms with E-state index >= 15 is 0 Å². The van der Waals surface area contributed by atoms with E-state index in [1.54, 1.807) is 37.4 Å². The van der Waals surface area contributed by atoms with Crippen molar-refractivity contribution < 1.29 is 13.5 Å². The molecular weight excluding hydrogens is 404 g/mol. The first-order valence-corrected chi connectivity index (χ1v) is 10.3. The Balaban J connectivity index is 1.56. The molecule has 0 bridgehead atoms. The lowest BCUT2D eigenvalue weighted by molar-refractivity contribution is 0.480. The number of aromatic hydroxyl groups is 1. The number of pyridine rings is 1. The molecular formula is C20H16N6O3S. The highest BCUT2D eigenvalue weighted by Gasteiger charge is 2.15. The number of phenolic OH excluding ortho intramolecular Hbond substituents is 1. The normalized spacial score (nSPS) is 11.8. The van der Waals surface area contributed by atoms with Crippen LogP contribution in [0.25, 0.3) is 10.9 Å². The van der Waals surface area contributed by atoms with Crippen LogP contribution in [0.15, 0.2) is 82.1 Å². The van der Waals surface area contributed by atoms with Crippen molar-refractivity contribution in [2.45, 2.75) is 11.8 Å². The van der Waals surface area contributed by atoms with Crippen LogP contribution in [0.3, 0.4) is 0 Å². The summed E-state index contributed by atoms with van der Waals surface area (Å²) < 4.78 is 27.4. The average molecular weight is 420 g/mol. The topological polar surface area (TPSA) is 130 Å². The summed E-state index contributed by atoms with van der Waals surface area (Å²) in [6, 6.07) is 14.2. The number of nitrogens with one attached hydrogen (secondary N) is 1. The molecule has 2 heterocycles. The van der Waals surface area contributed by atoms with E-state index in [0.29, 0.717) is 28.0 Å². The molecule has 0 aliphatic carbocycles. The highest BCUT2D eigenvalue weighted by molar-refractivity contribution is 7.92. The summed E-state index contributed by atoms with van der Waals surface area (Å²) >= 11 is 0. The molecule has 0 radical (unpaired) electrons. The summed E-state index contributed by atoms with van der Waals surface area (Å²) in [5.74, 6) is 0.0655. The highest BCUT2D eigenvalue weighted by Crippen LogP contribution is 2.32. The van der Waals surface area contributed by atoms with Crippen LogP contribution in [0, 0.1) is 6.92 Å². The first kappa shape index (κ1) is 19.4. The van der Waals surface area contributed by atoms with E-state index in [0.717, 1.165) is 0 Å². The van der Waals surface area contributed by atoms with E-state index in [2.05, 4.69) is 29.9 Å². The van der Waals surface area contributed by atoms with E-state index < -0.39 is 10.0 Å². The van der Waals surface area contributed by atoms with Crippen molar-refractivity contribution in [3.63, 3.8) is 0 Å². The summed E-state index contributed by atoms with van der Waals surface area (Å²) in [4.78, 5) is 12.1. The number of aromatic nitrogens is 3. The van der Waals surface area contributed by atoms with Gasteiger partial charge in [-0.1, -0.05) is 0 Å². The highest BCUT2D eigenvalue weighted by atomic mass is 32.2. The minimum absolute atomic E-state index is 0.00609. The van der Waals surface area contributed by atoms with Gasteiger partial charge in [-0.3, -0.25) is 4.98 Å². The van der Waals surface area contributed by atoms with Crippen molar-refractivity contribution in [3.05, 3.63) is 72.7 Å². The van der Waals surface area contributed by atoms with Crippen LogP contribution in [0.2, 0.25) is 0 Å². The molecule has 30 heavy (non-hydrogen) atoms. The molecule has 0 unspecified atom stereocenters. The molecule has 0 saturated carbocycles. The second-order valence-electron chi connectivity index (χ2n) is 6.32. The average Bonchev–Trinajstić information content (AvgIpc) is 2.73. The first-order valence-electron chi connectivity index (χ1n) is 8.83. The van der Waals surface area contributed by atoms with E-state index in [4.69, 9.17) is 0 Å². The van der Waals surface area contributed by atoms with Gasteiger partial charge in [0.15, 0.2) is 0 Å². The summed E-state index contributed by atoms with van der Waals surface area (Å²) in [7, 11) is -3.83. The molecule has 2 aromatic carbocycles. The van der Waals surface area contributed by atoms with Gasteiger partial charge in [-0.2, -0.15) is 5.11 Å². The standard InChI is InChI=1S/C20H16N6O3S/c1-13-10-12-22-20(23-13)26-30(28,29)15-6-4-14(5-7-15)24-25-17-8-9-18(27)19-16(17)3-2-11-21-19/h2-12,27H,1H3,(H,22,23,26). The van der Waals surface area contributed by atoms with E-state index in [9.17, 15) is 13.5 Å². The number of nitrogens with zero attached hydrogens (tertiary/aromatic N) is 5. The molecule has 2 N–H and O–H groups in total. The third-order valence-corrected chi connectivity index (χ3v) is 5.51. The Morgan fingerprint density at radius 2 is 1.73 bits per heavy atom. The fraction of sp³-hybridized carbons (Fsp3) is 0.0500. The minimum Gasteiger partial charge on any atom is -0.506 e. The molecule has 0 spiro atoms. The monoisotopic (exact) mass is 420 g/mol. The number of benzene rings is 2. The Morgan fingerprint density at radius 1 is 0.933 bits per heavy atom. The van der Waals surface area contributed by atoms with Crippen molar-refractivity contribution >= 4 is 38.2 Å². The minimum atomic E-state index is -3.83. The maximum atomic E-state index is 12.5. The maximum absolute atomic E-state index is 12.5. The Labute approximate surface area is 172 Å². The predicted octanol–water partition coefficient (Wildman–Crippen LogP) is 4.26. The van der Waals surface area contributed by atoms with Gasteiger partial charge in [0, 0.05) is 23.5 Å². The number of aryl methyl sites for hydroxylation is 1. The zero-order valence-corrected chi connectivity index (χ0v) is 16.6. The van der Waals surface area contributed by atoms with Crippen LogP contribution in [0.5, 0.6) is 5.75 Å².